The lowest BCUT2D eigenvalue weighted by Crippen LogP contribution is -2.41. The predicted octanol–water partition coefficient (Wildman–Crippen LogP) is 3.39. The minimum absolute atomic E-state index is 0.0834. The van der Waals surface area contributed by atoms with Gasteiger partial charge in [-0.25, -0.2) is 0 Å². The van der Waals surface area contributed by atoms with Crippen LogP contribution in [-0.2, 0) is 4.79 Å². The number of nitrogens with zero attached hydrogens (tertiary/aromatic N) is 1. The molecule has 2 saturated heterocycles. The molecule has 3 unspecified atom stereocenters. The fourth-order valence-electron chi connectivity index (χ4n) is 3.26. The number of carbonyl (C=O) groups is 1. The summed E-state index contributed by atoms with van der Waals surface area (Å²) in [4.78, 5) is 14.8. The summed E-state index contributed by atoms with van der Waals surface area (Å²) in [6, 6.07) is 0.0834. The molecular weight excluding hydrogens is 268 g/mol. The Morgan fingerprint density at radius 2 is 2.10 bits per heavy atom. The van der Waals surface area contributed by atoms with Crippen LogP contribution >= 0.6 is 11.8 Å². The molecule has 2 aliphatic heterocycles. The first-order valence-electron chi connectivity index (χ1n) is 8.44. The van der Waals surface area contributed by atoms with E-state index in [1.54, 1.807) is 0 Å². The number of unbranched alkanes of at least 4 members (excludes halogenated alkanes) is 1. The third kappa shape index (κ3) is 4.14. The lowest BCUT2D eigenvalue weighted by atomic mass is 10.1. The Morgan fingerprint density at radius 3 is 2.75 bits per heavy atom. The van der Waals surface area contributed by atoms with Crippen molar-refractivity contribution in [3.05, 3.63) is 0 Å². The third-order valence-electron chi connectivity index (χ3n) is 4.43. The Hall–Kier alpha value is -0.220. The summed E-state index contributed by atoms with van der Waals surface area (Å²) in [7, 11) is 0. The molecule has 2 heterocycles. The molecule has 0 aromatic heterocycles. The van der Waals surface area contributed by atoms with Gasteiger partial charge in [-0.2, -0.15) is 11.8 Å². The monoisotopic (exact) mass is 298 g/mol. The average Bonchev–Trinajstić information content (AvgIpc) is 2.75. The van der Waals surface area contributed by atoms with Crippen molar-refractivity contribution in [3.63, 3.8) is 0 Å². The molecule has 0 aromatic carbocycles. The normalized spacial score (nSPS) is 31.0. The van der Waals surface area contributed by atoms with Gasteiger partial charge >= 0.3 is 0 Å². The molecule has 0 saturated carbocycles. The van der Waals surface area contributed by atoms with Gasteiger partial charge in [-0.15, -0.1) is 0 Å². The molecule has 0 spiro atoms. The Morgan fingerprint density at radius 1 is 1.25 bits per heavy atom. The van der Waals surface area contributed by atoms with Crippen LogP contribution in [0.1, 0.15) is 65.2 Å². The smallest absolute Gasteiger partial charge is 0.241 e. The van der Waals surface area contributed by atoms with E-state index in [1.165, 1.54) is 31.4 Å². The second kappa shape index (κ2) is 8.28. The summed E-state index contributed by atoms with van der Waals surface area (Å²) in [5.41, 5.74) is 0. The van der Waals surface area contributed by atoms with Gasteiger partial charge in [0.05, 0.1) is 12.2 Å². The van der Waals surface area contributed by atoms with Gasteiger partial charge in [-0.3, -0.25) is 10.1 Å². The fraction of sp³-hybridized carbons (Fsp3) is 0.938. The Labute approximate surface area is 128 Å². The van der Waals surface area contributed by atoms with E-state index in [4.69, 9.17) is 0 Å². The number of rotatable bonds is 7. The zero-order chi connectivity index (χ0) is 14.4. The molecule has 2 fully saturated rings. The summed E-state index contributed by atoms with van der Waals surface area (Å²) in [5.74, 6) is 1.64. The first kappa shape index (κ1) is 16.2. The standard InChI is InChI=1S/C16H30N2OS/c1-3-5-10-14-16(19)18(15(17-14)8-4-2)12-13-9-6-7-11-20-13/h13-15,17H,3-12H2,1-2H3. The first-order valence-corrected chi connectivity index (χ1v) is 9.49. The quantitative estimate of drug-likeness (QED) is 0.782. The molecule has 20 heavy (non-hydrogen) atoms. The second-order valence-corrected chi connectivity index (χ2v) is 7.55. The van der Waals surface area contributed by atoms with E-state index in [0.717, 1.165) is 32.2 Å². The lowest BCUT2D eigenvalue weighted by Gasteiger charge is -2.30. The maximum absolute atomic E-state index is 12.6. The molecule has 4 heteroatoms. The third-order valence-corrected chi connectivity index (χ3v) is 5.81. The number of carbonyl (C=O) groups excluding carboxylic acids is 1. The number of thioether (sulfide) groups is 1. The minimum Gasteiger partial charge on any atom is -0.325 e. The molecule has 0 aromatic rings. The van der Waals surface area contributed by atoms with Crippen LogP contribution in [0.4, 0.5) is 0 Å². The number of hydrogen-bond donors (Lipinski definition) is 1. The Bertz CT molecular complexity index is 305. The zero-order valence-electron chi connectivity index (χ0n) is 13.1. The SMILES string of the molecule is CCCCC1NC(CCC)N(CC2CCCCS2)C1=O. The predicted molar refractivity (Wildman–Crippen MR) is 87.0 cm³/mol. The molecule has 1 amide bonds. The fourth-order valence-corrected chi connectivity index (χ4v) is 4.57. The highest BCUT2D eigenvalue weighted by molar-refractivity contribution is 7.99. The van der Waals surface area contributed by atoms with E-state index in [0.29, 0.717) is 11.2 Å². The molecule has 2 aliphatic rings. The van der Waals surface area contributed by atoms with Crippen molar-refractivity contribution in [1.29, 1.82) is 0 Å². The summed E-state index contributed by atoms with van der Waals surface area (Å²) < 4.78 is 0. The van der Waals surface area contributed by atoms with Crippen LogP contribution in [-0.4, -0.2) is 40.6 Å². The van der Waals surface area contributed by atoms with Crippen LogP contribution < -0.4 is 5.32 Å². The molecule has 1 N–H and O–H groups in total. The molecule has 0 bridgehead atoms. The summed E-state index contributed by atoms with van der Waals surface area (Å²) >= 11 is 2.07. The van der Waals surface area contributed by atoms with Crippen molar-refractivity contribution >= 4 is 17.7 Å². The molecule has 3 atom stereocenters. The Kier molecular flexibility index (Phi) is 6.69. The van der Waals surface area contributed by atoms with E-state index in [1.807, 2.05) is 0 Å². The highest BCUT2D eigenvalue weighted by atomic mass is 32.2. The number of amides is 1. The van der Waals surface area contributed by atoms with Crippen LogP contribution in [0.15, 0.2) is 0 Å². The van der Waals surface area contributed by atoms with Gasteiger partial charge in [0.1, 0.15) is 0 Å². The summed E-state index contributed by atoms with van der Waals surface area (Å²) in [6.07, 6.45) is 9.81. The summed E-state index contributed by atoms with van der Waals surface area (Å²) in [6.45, 7) is 5.36. The van der Waals surface area contributed by atoms with Crippen LogP contribution in [0.25, 0.3) is 0 Å². The van der Waals surface area contributed by atoms with Crippen molar-refractivity contribution < 1.29 is 4.79 Å². The Balaban J connectivity index is 1.93. The van der Waals surface area contributed by atoms with E-state index < -0.39 is 0 Å². The van der Waals surface area contributed by atoms with Crippen molar-refractivity contribution in [3.8, 4) is 0 Å². The number of hydrogen-bond acceptors (Lipinski definition) is 3. The van der Waals surface area contributed by atoms with Gasteiger partial charge in [0, 0.05) is 11.8 Å². The zero-order valence-corrected chi connectivity index (χ0v) is 13.9. The van der Waals surface area contributed by atoms with E-state index >= 15 is 0 Å². The van der Waals surface area contributed by atoms with E-state index in [2.05, 4.69) is 35.8 Å². The lowest BCUT2D eigenvalue weighted by molar-refractivity contribution is -0.130. The number of nitrogens with one attached hydrogen (secondary N) is 1. The van der Waals surface area contributed by atoms with Gasteiger partial charge in [0.15, 0.2) is 0 Å². The molecule has 0 aliphatic carbocycles. The maximum Gasteiger partial charge on any atom is 0.241 e. The maximum atomic E-state index is 12.6. The molecular formula is C16H30N2OS. The summed E-state index contributed by atoms with van der Waals surface area (Å²) in [5, 5.41) is 4.25. The average molecular weight is 298 g/mol. The van der Waals surface area contributed by atoms with Crippen molar-refractivity contribution in [2.24, 2.45) is 0 Å². The first-order chi connectivity index (χ1) is 9.76. The largest absolute Gasteiger partial charge is 0.325 e. The van der Waals surface area contributed by atoms with Crippen molar-refractivity contribution in [1.82, 2.24) is 10.2 Å². The van der Waals surface area contributed by atoms with Gasteiger partial charge in [-0.05, 0) is 31.4 Å². The highest BCUT2D eigenvalue weighted by Crippen LogP contribution is 2.28. The van der Waals surface area contributed by atoms with Crippen molar-refractivity contribution in [2.45, 2.75) is 82.7 Å². The van der Waals surface area contributed by atoms with Gasteiger partial charge < -0.3 is 4.90 Å². The molecule has 0 radical (unpaired) electrons. The second-order valence-electron chi connectivity index (χ2n) is 6.15. The van der Waals surface area contributed by atoms with Crippen LogP contribution in [0, 0.1) is 0 Å². The minimum atomic E-state index is 0.0834. The van der Waals surface area contributed by atoms with E-state index in [-0.39, 0.29) is 12.2 Å². The van der Waals surface area contributed by atoms with Gasteiger partial charge in [0.25, 0.3) is 0 Å². The molecule has 3 nitrogen and oxygen atoms in total. The van der Waals surface area contributed by atoms with Crippen molar-refractivity contribution in [2.75, 3.05) is 12.3 Å². The van der Waals surface area contributed by atoms with Gasteiger partial charge in [-0.1, -0.05) is 39.5 Å². The highest BCUT2D eigenvalue weighted by Gasteiger charge is 2.38. The molecule has 116 valence electrons. The van der Waals surface area contributed by atoms with Gasteiger partial charge in [0.2, 0.25) is 5.91 Å². The topological polar surface area (TPSA) is 32.3 Å². The molecule has 2 rings (SSSR count). The van der Waals surface area contributed by atoms with Crippen LogP contribution in [0.3, 0.4) is 0 Å². The van der Waals surface area contributed by atoms with E-state index in [9.17, 15) is 4.79 Å². The van der Waals surface area contributed by atoms with Crippen LogP contribution in [0.5, 0.6) is 0 Å². The van der Waals surface area contributed by atoms with Crippen LogP contribution in [0.2, 0.25) is 0 Å².